The summed E-state index contributed by atoms with van der Waals surface area (Å²) in [5, 5.41) is 17.7. The second kappa shape index (κ2) is 8.88. The molecule has 35 heavy (non-hydrogen) atoms. The summed E-state index contributed by atoms with van der Waals surface area (Å²) in [7, 11) is 2.10. The van der Waals surface area contributed by atoms with Crippen LogP contribution in [0.1, 0.15) is 48.2 Å². The number of aryl methyl sites for hydroxylation is 1. The average molecular weight is 472 g/mol. The number of halogens is 2. The molecule has 0 saturated carbocycles. The van der Waals surface area contributed by atoms with Gasteiger partial charge in [-0.1, -0.05) is 24.3 Å². The Labute approximate surface area is 203 Å². The average Bonchev–Trinajstić information content (AvgIpc) is 3.40. The molecule has 7 heteroatoms. The number of likely N-dealkylation sites (N-methyl/N-ethyl adjacent to an activating group) is 1. The van der Waals surface area contributed by atoms with Crippen LogP contribution in [0.3, 0.4) is 0 Å². The number of hydrogen-bond acceptors (Lipinski definition) is 4. The van der Waals surface area contributed by atoms with Crippen molar-refractivity contribution < 1.29 is 8.78 Å². The van der Waals surface area contributed by atoms with Crippen molar-refractivity contribution in [2.45, 2.75) is 32.2 Å². The summed E-state index contributed by atoms with van der Waals surface area (Å²) in [5.74, 6) is -1.38. The lowest BCUT2D eigenvalue weighted by Gasteiger charge is -2.24. The Hall–Kier alpha value is -3.60. The first-order chi connectivity index (χ1) is 16.8. The van der Waals surface area contributed by atoms with Gasteiger partial charge in [0.25, 0.3) is 0 Å². The molecule has 1 aliphatic heterocycles. The first kappa shape index (κ1) is 23.2. The van der Waals surface area contributed by atoms with E-state index in [2.05, 4.69) is 47.8 Å². The van der Waals surface area contributed by atoms with E-state index in [4.69, 9.17) is 5.73 Å². The monoisotopic (exact) mass is 471 g/mol. The van der Waals surface area contributed by atoms with E-state index in [-0.39, 0.29) is 16.7 Å². The Morgan fingerprint density at radius 2 is 2.11 bits per heavy atom. The summed E-state index contributed by atoms with van der Waals surface area (Å²) in [6, 6.07) is 6.15. The fourth-order valence-electron chi connectivity index (χ4n) is 5.22. The van der Waals surface area contributed by atoms with Crippen LogP contribution in [-0.4, -0.2) is 35.2 Å². The van der Waals surface area contributed by atoms with Crippen LogP contribution >= 0.6 is 0 Å². The number of hydrogen-bond donors (Lipinski definition) is 2. The van der Waals surface area contributed by atoms with E-state index in [0.29, 0.717) is 46.1 Å². The van der Waals surface area contributed by atoms with Crippen molar-refractivity contribution in [3.63, 3.8) is 0 Å². The molecule has 0 spiro atoms. The number of fused-ring (bicyclic) bond motifs is 2. The highest BCUT2D eigenvalue weighted by atomic mass is 19.1. The predicted molar refractivity (Wildman–Crippen MR) is 134 cm³/mol. The van der Waals surface area contributed by atoms with E-state index in [1.54, 1.807) is 12.1 Å². The smallest absolute Gasteiger partial charge is 0.139 e. The topological polar surface area (TPSA) is 81.7 Å². The molecule has 0 bridgehead atoms. The van der Waals surface area contributed by atoms with Crippen molar-refractivity contribution in [3.8, 4) is 17.2 Å². The van der Waals surface area contributed by atoms with Gasteiger partial charge < -0.3 is 10.6 Å². The molecular formula is C28H27F2N5. The number of allylic oxidation sites excluding steroid dienone is 3. The number of nitrogens with two attached hydrogens (primary N) is 1. The third kappa shape index (κ3) is 3.99. The number of aromatic amines is 1. The van der Waals surface area contributed by atoms with Gasteiger partial charge in [0.1, 0.15) is 11.6 Å². The largest absolute Gasteiger partial charge is 0.324 e. The first-order valence-corrected chi connectivity index (χ1v) is 11.7. The van der Waals surface area contributed by atoms with Gasteiger partial charge in [-0.3, -0.25) is 5.10 Å². The maximum atomic E-state index is 15.6. The fourth-order valence-corrected chi connectivity index (χ4v) is 5.22. The third-order valence-corrected chi connectivity index (χ3v) is 7.14. The standard InChI is InChI=1S/C28H27F2N5/c1-15(4-5-17-8-9-35(3)14-16(17)2)28-21-12-20(19(13-31)11-24(21)33-34-28)26-22(29)10-18-6-7-23(32)25(18)27(26)30/h4-5,10-12,23H,1,6-9,14,32H2,2-3H3,(H,33,34)/b5-4-. The summed E-state index contributed by atoms with van der Waals surface area (Å²) in [6.07, 6.45) is 6.06. The Kier molecular flexibility index (Phi) is 5.87. The van der Waals surface area contributed by atoms with Gasteiger partial charge in [-0.05, 0) is 68.1 Å². The highest BCUT2D eigenvalue weighted by molar-refractivity contribution is 5.96. The van der Waals surface area contributed by atoms with E-state index in [0.717, 1.165) is 19.5 Å². The fraction of sp³-hybridized carbons (Fsp3) is 0.286. The molecule has 3 aromatic rings. The maximum Gasteiger partial charge on any atom is 0.139 e. The van der Waals surface area contributed by atoms with Gasteiger partial charge in [0.15, 0.2) is 0 Å². The molecule has 0 amide bonds. The molecule has 1 aromatic heterocycles. The number of nitrogens with zero attached hydrogens (tertiary/aromatic N) is 3. The predicted octanol–water partition coefficient (Wildman–Crippen LogP) is 5.55. The van der Waals surface area contributed by atoms with E-state index in [9.17, 15) is 5.26 Å². The number of benzene rings is 2. The number of aromatic nitrogens is 2. The molecular weight excluding hydrogens is 444 g/mol. The number of rotatable bonds is 4. The van der Waals surface area contributed by atoms with Gasteiger partial charge in [-0.2, -0.15) is 10.4 Å². The molecule has 1 aliphatic carbocycles. The SMILES string of the molecule is C=C(/C=C\C1=C(C)CN(C)CC1)c1n[nH]c2cc(C#N)c(-c3c(F)cc4c(c3F)C(N)CC4)cc12. The minimum atomic E-state index is -0.695. The summed E-state index contributed by atoms with van der Waals surface area (Å²) in [4.78, 5) is 2.28. The van der Waals surface area contributed by atoms with Crippen LogP contribution < -0.4 is 5.73 Å². The van der Waals surface area contributed by atoms with Crippen LogP contribution in [0, 0.1) is 23.0 Å². The Morgan fingerprint density at radius 3 is 2.86 bits per heavy atom. The Bertz CT molecular complexity index is 1470. The second-order valence-corrected chi connectivity index (χ2v) is 9.54. The van der Waals surface area contributed by atoms with Crippen molar-refractivity contribution in [3.05, 3.63) is 82.1 Å². The van der Waals surface area contributed by atoms with E-state index >= 15 is 8.78 Å². The molecule has 0 fully saturated rings. The highest BCUT2D eigenvalue weighted by Crippen LogP contribution is 2.40. The number of nitrogens with one attached hydrogen (secondary N) is 1. The zero-order chi connectivity index (χ0) is 24.9. The van der Waals surface area contributed by atoms with Crippen LogP contribution in [0.25, 0.3) is 27.6 Å². The van der Waals surface area contributed by atoms with Crippen LogP contribution in [0.4, 0.5) is 8.78 Å². The van der Waals surface area contributed by atoms with Gasteiger partial charge in [0.05, 0.1) is 28.4 Å². The van der Waals surface area contributed by atoms with E-state index in [1.165, 1.54) is 17.2 Å². The molecule has 2 aromatic carbocycles. The molecule has 0 radical (unpaired) electrons. The van der Waals surface area contributed by atoms with Gasteiger partial charge in [0.2, 0.25) is 0 Å². The van der Waals surface area contributed by atoms with Gasteiger partial charge in [-0.25, -0.2) is 8.78 Å². The molecule has 3 N–H and O–H groups in total. The minimum Gasteiger partial charge on any atom is -0.324 e. The zero-order valence-corrected chi connectivity index (χ0v) is 19.9. The van der Waals surface area contributed by atoms with Crippen LogP contribution in [0.5, 0.6) is 0 Å². The summed E-state index contributed by atoms with van der Waals surface area (Å²) in [5.41, 5.74) is 11.6. The lowest BCUT2D eigenvalue weighted by molar-refractivity contribution is 0.350. The minimum absolute atomic E-state index is 0.158. The summed E-state index contributed by atoms with van der Waals surface area (Å²) in [6.45, 7) is 8.23. The Balaban J connectivity index is 1.59. The molecule has 178 valence electrons. The van der Waals surface area contributed by atoms with Crippen LogP contribution in [0.15, 0.2) is 48.1 Å². The van der Waals surface area contributed by atoms with Gasteiger partial charge >= 0.3 is 0 Å². The summed E-state index contributed by atoms with van der Waals surface area (Å²) < 4.78 is 30.7. The van der Waals surface area contributed by atoms with Crippen molar-refractivity contribution in [2.24, 2.45) is 5.73 Å². The molecule has 0 saturated heterocycles. The van der Waals surface area contributed by atoms with Crippen LogP contribution in [0.2, 0.25) is 0 Å². The Morgan fingerprint density at radius 1 is 1.31 bits per heavy atom. The molecule has 2 aliphatic rings. The zero-order valence-electron chi connectivity index (χ0n) is 19.9. The normalized spacial score (nSPS) is 18.5. The molecule has 1 atom stereocenters. The third-order valence-electron chi connectivity index (χ3n) is 7.14. The van der Waals surface area contributed by atoms with E-state index in [1.807, 2.05) is 6.08 Å². The first-order valence-electron chi connectivity index (χ1n) is 11.7. The van der Waals surface area contributed by atoms with Crippen LogP contribution in [-0.2, 0) is 6.42 Å². The quantitative estimate of drug-likeness (QED) is 0.489. The van der Waals surface area contributed by atoms with Crippen molar-refractivity contribution >= 4 is 16.5 Å². The van der Waals surface area contributed by atoms with Gasteiger partial charge in [0, 0.05) is 35.6 Å². The second-order valence-electron chi connectivity index (χ2n) is 9.54. The number of nitriles is 1. The lowest BCUT2D eigenvalue weighted by atomic mass is 9.92. The van der Waals surface area contributed by atoms with Gasteiger partial charge in [-0.15, -0.1) is 0 Å². The van der Waals surface area contributed by atoms with Crippen molar-refractivity contribution in [2.75, 3.05) is 20.1 Å². The van der Waals surface area contributed by atoms with E-state index < -0.39 is 17.7 Å². The number of H-pyrrole nitrogens is 1. The molecule has 2 heterocycles. The maximum absolute atomic E-state index is 15.6. The molecule has 5 rings (SSSR count). The van der Waals surface area contributed by atoms with Crippen molar-refractivity contribution in [1.82, 2.24) is 15.1 Å². The molecule has 1 unspecified atom stereocenters. The highest BCUT2D eigenvalue weighted by Gasteiger charge is 2.29. The lowest BCUT2D eigenvalue weighted by Crippen LogP contribution is -2.26. The summed E-state index contributed by atoms with van der Waals surface area (Å²) >= 11 is 0. The molecule has 5 nitrogen and oxygen atoms in total. The van der Waals surface area contributed by atoms with Crippen molar-refractivity contribution in [1.29, 1.82) is 5.26 Å².